The Bertz CT molecular complexity index is 630. The van der Waals surface area contributed by atoms with E-state index in [1.54, 1.807) is 12.1 Å². The molecule has 6 heteroatoms. The van der Waals surface area contributed by atoms with Crippen LogP contribution in [0.5, 0.6) is 5.75 Å². The number of phenols is 1. The van der Waals surface area contributed by atoms with Crippen LogP contribution in [-0.4, -0.2) is 29.5 Å². The molecule has 0 unspecified atom stereocenters. The second-order valence-corrected chi connectivity index (χ2v) is 5.35. The van der Waals surface area contributed by atoms with E-state index in [2.05, 4.69) is 10.6 Å². The number of hydrogen-bond acceptors (Lipinski definition) is 4. The van der Waals surface area contributed by atoms with Crippen LogP contribution in [0, 0.1) is 11.3 Å². The molecule has 0 heterocycles. The molecular formula is C17H21N3O3. The normalized spacial score (nSPS) is 11.0. The molecule has 0 aliphatic heterocycles. The van der Waals surface area contributed by atoms with E-state index in [-0.39, 0.29) is 23.3 Å². The maximum atomic E-state index is 11.9. The van der Waals surface area contributed by atoms with Crippen molar-refractivity contribution in [2.24, 2.45) is 0 Å². The Hall–Kier alpha value is -2.81. The van der Waals surface area contributed by atoms with Gasteiger partial charge in [-0.3, -0.25) is 9.59 Å². The average Bonchev–Trinajstić information content (AvgIpc) is 2.48. The Labute approximate surface area is 135 Å². The molecule has 0 saturated carbocycles. The number of phenolic OH excluding ortho intramolecular Hbond substituents is 1. The maximum absolute atomic E-state index is 11.9. The number of carbonyl (C=O) groups is 2. The molecule has 0 fully saturated rings. The molecule has 0 bridgehead atoms. The predicted molar refractivity (Wildman–Crippen MR) is 87.2 cm³/mol. The molecule has 0 spiro atoms. The van der Waals surface area contributed by atoms with Crippen LogP contribution in [0.25, 0.3) is 6.08 Å². The van der Waals surface area contributed by atoms with Gasteiger partial charge in [0.1, 0.15) is 17.4 Å². The Morgan fingerprint density at radius 1 is 1.39 bits per heavy atom. The highest BCUT2D eigenvalue weighted by molar-refractivity contribution is 6.01. The van der Waals surface area contributed by atoms with E-state index in [9.17, 15) is 14.7 Å². The van der Waals surface area contributed by atoms with Gasteiger partial charge in [-0.05, 0) is 44.0 Å². The number of benzene rings is 1. The SMILES string of the molecule is CC(C)NC(=O)CCCNC(=O)/C(C#N)=C/c1cccc(O)c1. The Kier molecular flexibility index (Phi) is 7.34. The minimum Gasteiger partial charge on any atom is -0.508 e. The molecule has 1 aromatic rings. The highest BCUT2D eigenvalue weighted by Crippen LogP contribution is 2.14. The number of hydrogen-bond donors (Lipinski definition) is 3. The van der Waals surface area contributed by atoms with Gasteiger partial charge in [0, 0.05) is 19.0 Å². The van der Waals surface area contributed by atoms with Crippen molar-refractivity contribution in [1.29, 1.82) is 5.26 Å². The lowest BCUT2D eigenvalue weighted by molar-refractivity contribution is -0.122. The zero-order valence-electron chi connectivity index (χ0n) is 13.3. The van der Waals surface area contributed by atoms with Crippen molar-refractivity contribution in [3.8, 4) is 11.8 Å². The third-order valence-corrected chi connectivity index (χ3v) is 2.86. The van der Waals surface area contributed by atoms with Gasteiger partial charge in [0.15, 0.2) is 0 Å². The third kappa shape index (κ3) is 7.14. The van der Waals surface area contributed by atoms with Crippen molar-refractivity contribution in [2.75, 3.05) is 6.54 Å². The summed E-state index contributed by atoms with van der Waals surface area (Å²) in [6, 6.07) is 8.20. The molecule has 6 nitrogen and oxygen atoms in total. The molecule has 1 aromatic carbocycles. The lowest BCUT2D eigenvalue weighted by Gasteiger charge is -2.08. The van der Waals surface area contributed by atoms with Gasteiger partial charge in [0.05, 0.1) is 0 Å². The van der Waals surface area contributed by atoms with Crippen molar-refractivity contribution in [3.05, 3.63) is 35.4 Å². The molecule has 0 saturated heterocycles. The fraction of sp³-hybridized carbons (Fsp3) is 0.353. The van der Waals surface area contributed by atoms with Gasteiger partial charge in [0.2, 0.25) is 5.91 Å². The number of carbonyl (C=O) groups excluding carboxylic acids is 2. The van der Waals surface area contributed by atoms with Crippen LogP contribution in [0.3, 0.4) is 0 Å². The van der Waals surface area contributed by atoms with Gasteiger partial charge in [-0.2, -0.15) is 5.26 Å². The molecule has 23 heavy (non-hydrogen) atoms. The molecule has 0 aliphatic rings. The number of amides is 2. The Balaban J connectivity index is 2.49. The summed E-state index contributed by atoms with van der Waals surface area (Å²) in [5.74, 6) is -0.502. The number of aromatic hydroxyl groups is 1. The fourth-order valence-electron chi connectivity index (χ4n) is 1.87. The predicted octanol–water partition coefficient (Wildman–Crippen LogP) is 1.72. The van der Waals surface area contributed by atoms with E-state index in [4.69, 9.17) is 5.26 Å². The molecule has 0 atom stereocenters. The molecule has 1 rings (SSSR count). The Morgan fingerprint density at radius 2 is 2.13 bits per heavy atom. The fourth-order valence-corrected chi connectivity index (χ4v) is 1.87. The first-order chi connectivity index (χ1) is 10.9. The van der Waals surface area contributed by atoms with Crippen molar-refractivity contribution in [2.45, 2.75) is 32.7 Å². The molecule has 3 N–H and O–H groups in total. The third-order valence-electron chi connectivity index (χ3n) is 2.86. The summed E-state index contributed by atoms with van der Waals surface area (Å²) in [6.07, 6.45) is 2.21. The molecule has 0 aliphatic carbocycles. The summed E-state index contributed by atoms with van der Waals surface area (Å²) < 4.78 is 0. The van der Waals surface area contributed by atoms with Gasteiger partial charge in [-0.15, -0.1) is 0 Å². The van der Waals surface area contributed by atoms with E-state index < -0.39 is 5.91 Å². The quantitative estimate of drug-likeness (QED) is 0.405. The maximum Gasteiger partial charge on any atom is 0.261 e. The first-order valence-corrected chi connectivity index (χ1v) is 7.40. The van der Waals surface area contributed by atoms with Gasteiger partial charge in [-0.25, -0.2) is 0 Å². The Morgan fingerprint density at radius 3 is 2.74 bits per heavy atom. The van der Waals surface area contributed by atoms with Gasteiger partial charge in [0.25, 0.3) is 5.91 Å². The van der Waals surface area contributed by atoms with Crippen LogP contribution < -0.4 is 10.6 Å². The van der Waals surface area contributed by atoms with E-state index in [1.807, 2.05) is 19.9 Å². The van der Waals surface area contributed by atoms with E-state index in [1.165, 1.54) is 18.2 Å². The van der Waals surface area contributed by atoms with Crippen molar-refractivity contribution < 1.29 is 14.7 Å². The summed E-state index contributed by atoms with van der Waals surface area (Å²) in [6.45, 7) is 4.07. The number of nitrogens with zero attached hydrogens (tertiary/aromatic N) is 1. The van der Waals surface area contributed by atoms with Crippen LogP contribution in [0.1, 0.15) is 32.3 Å². The van der Waals surface area contributed by atoms with Gasteiger partial charge in [-0.1, -0.05) is 12.1 Å². The first-order valence-electron chi connectivity index (χ1n) is 7.40. The topological polar surface area (TPSA) is 102 Å². The lowest BCUT2D eigenvalue weighted by Crippen LogP contribution is -2.31. The minimum atomic E-state index is -0.500. The minimum absolute atomic E-state index is 0.0535. The van der Waals surface area contributed by atoms with E-state index in [0.717, 1.165) is 0 Å². The number of rotatable bonds is 7. The summed E-state index contributed by atoms with van der Waals surface area (Å²) in [5.41, 5.74) is 0.509. The number of nitriles is 1. The van der Waals surface area contributed by atoms with Crippen LogP contribution in [-0.2, 0) is 9.59 Å². The zero-order valence-corrected chi connectivity index (χ0v) is 13.3. The summed E-state index contributed by atoms with van der Waals surface area (Å²) >= 11 is 0. The molecule has 0 aromatic heterocycles. The van der Waals surface area contributed by atoms with E-state index >= 15 is 0 Å². The van der Waals surface area contributed by atoms with Crippen LogP contribution in [0.4, 0.5) is 0 Å². The van der Waals surface area contributed by atoms with Crippen molar-refractivity contribution in [3.63, 3.8) is 0 Å². The average molecular weight is 315 g/mol. The molecule has 2 amide bonds. The standard InChI is InChI=1S/C17H21N3O3/c1-12(2)20-16(22)7-4-8-19-17(23)14(11-18)9-13-5-3-6-15(21)10-13/h3,5-6,9-10,12,21H,4,7-8H2,1-2H3,(H,19,23)(H,20,22)/b14-9+. The first kappa shape index (κ1) is 18.2. The van der Waals surface area contributed by atoms with Crippen molar-refractivity contribution >= 4 is 17.9 Å². The van der Waals surface area contributed by atoms with Crippen LogP contribution in [0.15, 0.2) is 29.8 Å². The molecule has 122 valence electrons. The second kappa shape index (κ2) is 9.26. The van der Waals surface area contributed by atoms with Crippen LogP contribution in [0.2, 0.25) is 0 Å². The monoisotopic (exact) mass is 315 g/mol. The number of nitrogens with one attached hydrogen (secondary N) is 2. The molecule has 0 radical (unpaired) electrons. The zero-order chi connectivity index (χ0) is 17.2. The van der Waals surface area contributed by atoms with Crippen molar-refractivity contribution in [1.82, 2.24) is 10.6 Å². The van der Waals surface area contributed by atoms with Gasteiger partial charge < -0.3 is 15.7 Å². The van der Waals surface area contributed by atoms with Crippen LogP contribution >= 0.6 is 0 Å². The highest BCUT2D eigenvalue weighted by Gasteiger charge is 2.09. The summed E-state index contributed by atoms with van der Waals surface area (Å²) in [7, 11) is 0. The summed E-state index contributed by atoms with van der Waals surface area (Å²) in [5, 5.41) is 23.8. The smallest absolute Gasteiger partial charge is 0.261 e. The lowest BCUT2D eigenvalue weighted by atomic mass is 10.1. The second-order valence-electron chi connectivity index (χ2n) is 5.35. The summed E-state index contributed by atoms with van der Waals surface area (Å²) in [4.78, 5) is 23.4. The van der Waals surface area contributed by atoms with Gasteiger partial charge >= 0.3 is 0 Å². The van der Waals surface area contributed by atoms with E-state index in [0.29, 0.717) is 24.9 Å². The highest BCUT2D eigenvalue weighted by atomic mass is 16.3. The largest absolute Gasteiger partial charge is 0.508 e. The molecular weight excluding hydrogens is 294 g/mol.